The van der Waals surface area contributed by atoms with Gasteiger partial charge in [-0.15, -0.1) is 0 Å². The quantitative estimate of drug-likeness (QED) is 0.914. The zero-order chi connectivity index (χ0) is 14.8. The number of rotatable bonds is 4. The number of hydrogen-bond acceptors (Lipinski definition) is 4. The van der Waals surface area contributed by atoms with Crippen LogP contribution >= 0.6 is 0 Å². The van der Waals surface area contributed by atoms with E-state index in [0.29, 0.717) is 18.7 Å². The number of nitrogens with zero attached hydrogens (tertiary/aromatic N) is 1. The predicted octanol–water partition coefficient (Wildman–Crippen LogP) is 1.77. The molecule has 1 aliphatic heterocycles. The molecule has 112 valence electrons. The van der Waals surface area contributed by atoms with Gasteiger partial charge in [0, 0.05) is 31.7 Å². The molecule has 1 aromatic carbocycles. The van der Waals surface area contributed by atoms with Crippen LogP contribution in [0.5, 0.6) is 5.75 Å². The minimum absolute atomic E-state index is 0.00702. The van der Waals surface area contributed by atoms with E-state index < -0.39 is 0 Å². The predicted molar refractivity (Wildman–Crippen MR) is 76.2 cm³/mol. The molecule has 20 heavy (non-hydrogen) atoms. The van der Waals surface area contributed by atoms with Gasteiger partial charge >= 0.3 is 0 Å². The van der Waals surface area contributed by atoms with Crippen molar-refractivity contribution in [1.82, 2.24) is 4.90 Å². The molecule has 0 aromatic heterocycles. The zero-order valence-corrected chi connectivity index (χ0v) is 12.4. The summed E-state index contributed by atoms with van der Waals surface area (Å²) in [5.41, 5.74) is 6.08. The topological polar surface area (TPSA) is 47.7 Å². The van der Waals surface area contributed by atoms with E-state index in [1.807, 2.05) is 19.9 Å². The molecule has 0 spiro atoms. The standard InChI is InChI=1S/C15H23FN2O2/c1-15(2)10-18(9-12(7-17)20-15)8-11-5-4-6-13(19-3)14(11)16/h4-6,12H,7-10,17H2,1-3H3. The monoisotopic (exact) mass is 282 g/mol. The Morgan fingerprint density at radius 2 is 2.25 bits per heavy atom. The van der Waals surface area contributed by atoms with Crippen LogP contribution in [0.25, 0.3) is 0 Å². The van der Waals surface area contributed by atoms with Gasteiger partial charge in [-0.25, -0.2) is 4.39 Å². The first-order chi connectivity index (χ1) is 9.45. The third-order valence-electron chi connectivity index (χ3n) is 3.47. The summed E-state index contributed by atoms with van der Waals surface area (Å²) < 4.78 is 25.1. The molecule has 0 bridgehead atoms. The average molecular weight is 282 g/mol. The van der Waals surface area contributed by atoms with Crippen LogP contribution in [0.4, 0.5) is 4.39 Å². The van der Waals surface area contributed by atoms with Crippen molar-refractivity contribution >= 4 is 0 Å². The molecule has 1 saturated heterocycles. The smallest absolute Gasteiger partial charge is 0.169 e. The first kappa shape index (κ1) is 15.2. The van der Waals surface area contributed by atoms with Crippen molar-refractivity contribution < 1.29 is 13.9 Å². The molecule has 1 atom stereocenters. The highest BCUT2D eigenvalue weighted by molar-refractivity contribution is 5.31. The van der Waals surface area contributed by atoms with Gasteiger partial charge in [-0.3, -0.25) is 4.90 Å². The highest BCUT2D eigenvalue weighted by Gasteiger charge is 2.33. The molecule has 2 N–H and O–H groups in total. The normalized spacial score (nSPS) is 22.8. The molecule has 0 amide bonds. The van der Waals surface area contributed by atoms with Crippen LogP contribution in [0.3, 0.4) is 0 Å². The maximum Gasteiger partial charge on any atom is 0.169 e. The van der Waals surface area contributed by atoms with E-state index in [1.54, 1.807) is 12.1 Å². The van der Waals surface area contributed by atoms with Crippen molar-refractivity contribution in [3.8, 4) is 5.75 Å². The lowest BCUT2D eigenvalue weighted by atomic mass is 10.0. The highest BCUT2D eigenvalue weighted by Crippen LogP contribution is 2.25. The Morgan fingerprint density at radius 3 is 2.90 bits per heavy atom. The molecule has 4 nitrogen and oxygen atoms in total. The Morgan fingerprint density at radius 1 is 1.50 bits per heavy atom. The molecule has 1 aromatic rings. The first-order valence-electron chi connectivity index (χ1n) is 6.87. The zero-order valence-electron chi connectivity index (χ0n) is 12.4. The molecule has 1 aliphatic rings. The van der Waals surface area contributed by atoms with Gasteiger partial charge in [-0.05, 0) is 19.9 Å². The Kier molecular flexibility index (Phi) is 4.62. The molecular weight excluding hydrogens is 259 g/mol. The number of halogens is 1. The maximum absolute atomic E-state index is 14.2. The molecule has 2 rings (SSSR count). The summed E-state index contributed by atoms with van der Waals surface area (Å²) in [6, 6.07) is 5.23. The molecule has 0 saturated carbocycles. The first-order valence-corrected chi connectivity index (χ1v) is 6.87. The largest absolute Gasteiger partial charge is 0.494 e. The van der Waals surface area contributed by atoms with E-state index in [4.69, 9.17) is 15.2 Å². The van der Waals surface area contributed by atoms with Crippen molar-refractivity contribution in [3.63, 3.8) is 0 Å². The van der Waals surface area contributed by atoms with Crippen molar-refractivity contribution in [2.75, 3.05) is 26.7 Å². The second-order valence-electron chi connectivity index (χ2n) is 5.84. The summed E-state index contributed by atoms with van der Waals surface area (Å²) >= 11 is 0. The van der Waals surface area contributed by atoms with Crippen LogP contribution in [0, 0.1) is 5.82 Å². The van der Waals surface area contributed by atoms with Crippen molar-refractivity contribution in [3.05, 3.63) is 29.6 Å². The van der Waals surface area contributed by atoms with Crippen molar-refractivity contribution in [2.24, 2.45) is 5.73 Å². The van der Waals surface area contributed by atoms with Crippen LogP contribution < -0.4 is 10.5 Å². The summed E-state index contributed by atoms with van der Waals surface area (Å²) in [6.45, 7) is 6.54. The lowest BCUT2D eigenvalue weighted by Crippen LogP contribution is -2.54. The van der Waals surface area contributed by atoms with Gasteiger partial charge in [0.25, 0.3) is 0 Å². The van der Waals surface area contributed by atoms with Crippen molar-refractivity contribution in [2.45, 2.75) is 32.1 Å². The Balaban J connectivity index is 2.13. The minimum Gasteiger partial charge on any atom is -0.494 e. The van der Waals surface area contributed by atoms with E-state index in [0.717, 1.165) is 13.1 Å². The number of nitrogens with two attached hydrogens (primary N) is 1. The molecule has 1 unspecified atom stereocenters. The van der Waals surface area contributed by atoms with Gasteiger partial charge < -0.3 is 15.2 Å². The van der Waals surface area contributed by atoms with E-state index in [1.165, 1.54) is 7.11 Å². The number of methoxy groups -OCH3 is 1. The van der Waals surface area contributed by atoms with Gasteiger partial charge in [0.15, 0.2) is 11.6 Å². The fourth-order valence-corrected chi connectivity index (χ4v) is 2.74. The minimum atomic E-state index is -0.288. The van der Waals surface area contributed by atoms with Crippen LogP contribution in [0.15, 0.2) is 18.2 Å². The van der Waals surface area contributed by atoms with E-state index in [2.05, 4.69) is 4.90 Å². The van der Waals surface area contributed by atoms with E-state index in [-0.39, 0.29) is 23.3 Å². The summed E-state index contributed by atoms with van der Waals surface area (Å²) in [5.74, 6) is -0.00556. The van der Waals surface area contributed by atoms with Gasteiger partial charge in [0.1, 0.15) is 0 Å². The Bertz CT molecular complexity index is 465. The Hall–Kier alpha value is -1.17. The molecule has 1 heterocycles. The number of ether oxygens (including phenoxy) is 2. The van der Waals surface area contributed by atoms with Crippen LogP contribution in [-0.2, 0) is 11.3 Å². The number of benzene rings is 1. The fraction of sp³-hybridized carbons (Fsp3) is 0.600. The summed E-state index contributed by atoms with van der Waals surface area (Å²) in [7, 11) is 1.48. The van der Waals surface area contributed by atoms with Crippen LogP contribution in [0.1, 0.15) is 19.4 Å². The summed E-state index contributed by atoms with van der Waals surface area (Å²) in [5, 5.41) is 0. The second-order valence-corrected chi connectivity index (χ2v) is 5.84. The van der Waals surface area contributed by atoms with Gasteiger partial charge in [-0.1, -0.05) is 12.1 Å². The van der Waals surface area contributed by atoms with Gasteiger partial charge in [0.05, 0.1) is 18.8 Å². The third kappa shape index (κ3) is 3.48. The summed E-state index contributed by atoms with van der Waals surface area (Å²) in [4.78, 5) is 2.18. The molecule has 0 aliphatic carbocycles. The lowest BCUT2D eigenvalue weighted by molar-refractivity contribution is -0.134. The SMILES string of the molecule is COc1cccc(CN2CC(CN)OC(C)(C)C2)c1F. The van der Waals surface area contributed by atoms with E-state index in [9.17, 15) is 4.39 Å². The van der Waals surface area contributed by atoms with Gasteiger partial charge in [0.2, 0.25) is 0 Å². The number of morpholine rings is 1. The highest BCUT2D eigenvalue weighted by atomic mass is 19.1. The molecule has 1 fully saturated rings. The molecule has 5 heteroatoms. The molecular formula is C15H23FN2O2. The molecule has 0 radical (unpaired) electrons. The van der Waals surface area contributed by atoms with E-state index >= 15 is 0 Å². The Labute approximate surface area is 119 Å². The second kappa shape index (κ2) is 6.08. The fourth-order valence-electron chi connectivity index (χ4n) is 2.74. The van der Waals surface area contributed by atoms with Crippen LogP contribution in [0.2, 0.25) is 0 Å². The summed E-state index contributed by atoms with van der Waals surface area (Å²) in [6.07, 6.45) is -0.00702. The number of hydrogen-bond donors (Lipinski definition) is 1. The van der Waals surface area contributed by atoms with Crippen LogP contribution in [-0.4, -0.2) is 43.3 Å². The maximum atomic E-state index is 14.2. The van der Waals surface area contributed by atoms with Gasteiger partial charge in [-0.2, -0.15) is 0 Å². The lowest BCUT2D eigenvalue weighted by Gasteiger charge is -2.42. The van der Waals surface area contributed by atoms with Crippen molar-refractivity contribution in [1.29, 1.82) is 0 Å². The third-order valence-corrected chi connectivity index (χ3v) is 3.47. The average Bonchev–Trinajstić information content (AvgIpc) is 2.39.